The van der Waals surface area contributed by atoms with Gasteiger partial charge in [0.2, 0.25) is 0 Å². The van der Waals surface area contributed by atoms with E-state index in [0.717, 1.165) is 0 Å². The van der Waals surface area contributed by atoms with Crippen molar-refractivity contribution >= 4 is 0 Å². The fourth-order valence-electron chi connectivity index (χ4n) is 4.77. The van der Waals surface area contributed by atoms with Gasteiger partial charge in [-0.3, -0.25) is 0 Å². The third kappa shape index (κ3) is 4.62. The number of rotatable bonds is 9. The number of fused-ring (bicyclic) bond motifs is 1. The Morgan fingerprint density at radius 2 is 1.08 bits per heavy atom. The van der Waals surface area contributed by atoms with Gasteiger partial charge in [-0.1, -0.05) is 6.07 Å². The molecule has 9 heteroatoms. The van der Waals surface area contributed by atoms with Gasteiger partial charge in [0.15, 0.2) is 17.6 Å². The normalized spacial score (nSPS) is 18.2. The molecule has 3 aromatic carbocycles. The van der Waals surface area contributed by atoms with E-state index in [1.54, 1.807) is 86.2 Å². The molecule has 4 rings (SSSR count). The van der Waals surface area contributed by atoms with Crippen LogP contribution in [-0.2, 0) is 0 Å². The van der Waals surface area contributed by atoms with Gasteiger partial charge in [0.1, 0.15) is 40.6 Å². The smallest absolute Gasteiger partial charge is 0.161 e. The van der Waals surface area contributed by atoms with Crippen LogP contribution >= 0.6 is 0 Å². The van der Waals surface area contributed by atoms with E-state index in [1.807, 2.05) is 6.07 Å². The molecule has 0 aliphatic carbocycles. The Kier molecular flexibility index (Phi) is 7.73. The first kappa shape index (κ1) is 26.1. The van der Waals surface area contributed by atoms with Crippen LogP contribution in [0.25, 0.3) is 0 Å². The largest absolute Gasteiger partial charge is 0.496 e. The highest BCUT2D eigenvalue weighted by molar-refractivity contribution is 5.63. The van der Waals surface area contributed by atoms with Gasteiger partial charge in [0.25, 0.3) is 0 Å². The molecule has 0 bridgehead atoms. The molecule has 3 atom stereocenters. The second-order valence-electron chi connectivity index (χ2n) is 8.31. The highest BCUT2D eigenvalue weighted by Gasteiger charge is 2.44. The molecule has 1 heterocycles. The molecule has 0 amide bonds. The summed E-state index contributed by atoms with van der Waals surface area (Å²) in [5.41, 5.74) is 1.94. The lowest BCUT2D eigenvalue weighted by molar-refractivity contribution is 0.00641. The minimum Gasteiger partial charge on any atom is -0.496 e. The summed E-state index contributed by atoms with van der Waals surface area (Å²) in [5.74, 6) is 3.46. The Morgan fingerprint density at radius 1 is 0.568 bits per heavy atom. The van der Waals surface area contributed by atoms with Crippen LogP contribution in [0.2, 0.25) is 0 Å². The quantitative estimate of drug-likeness (QED) is 0.448. The molecular formula is C28H32O9. The van der Waals surface area contributed by atoms with Crippen LogP contribution in [0.3, 0.4) is 0 Å². The first-order chi connectivity index (χ1) is 17.9. The molecule has 1 aliphatic rings. The lowest BCUT2D eigenvalue weighted by Crippen LogP contribution is -2.35. The number of benzene rings is 3. The maximum Gasteiger partial charge on any atom is 0.161 e. The number of aliphatic hydroxyl groups excluding tert-OH is 1. The van der Waals surface area contributed by atoms with E-state index in [4.69, 9.17) is 37.9 Å². The van der Waals surface area contributed by atoms with Crippen LogP contribution in [-0.4, -0.2) is 61.0 Å². The van der Waals surface area contributed by atoms with Gasteiger partial charge in [-0.2, -0.15) is 0 Å². The van der Waals surface area contributed by atoms with Crippen LogP contribution < -0.4 is 37.9 Å². The van der Waals surface area contributed by atoms with Crippen molar-refractivity contribution in [3.05, 3.63) is 59.2 Å². The molecule has 0 unspecified atom stereocenters. The fraction of sp³-hybridized carbons (Fsp3) is 0.357. The monoisotopic (exact) mass is 512 g/mol. The lowest BCUT2D eigenvalue weighted by Gasteiger charge is -2.39. The summed E-state index contributed by atoms with van der Waals surface area (Å²) in [6, 6.07) is 12.4. The zero-order valence-electron chi connectivity index (χ0n) is 22.0. The summed E-state index contributed by atoms with van der Waals surface area (Å²) in [6.07, 6.45) is -1.87. The standard InChI is InChI=1S/C28H32O9/c1-30-16-11-20(34-5)24(21(12-16)35-6)26-25-22(36-7)13-17(31-2)14-23(25)37-28(27(26)29)15-8-9-18(32-3)19(10-15)33-4/h8-14,26-29H,1-7H3/t26-,27+,28-/m1/s1. The fourth-order valence-corrected chi connectivity index (χ4v) is 4.77. The van der Waals surface area contributed by atoms with Crippen molar-refractivity contribution in [1.29, 1.82) is 0 Å². The van der Waals surface area contributed by atoms with Crippen LogP contribution in [0.4, 0.5) is 0 Å². The molecule has 0 spiro atoms. The molecule has 0 saturated carbocycles. The molecule has 0 radical (unpaired) electrons. The van der Waals surface area contributed by atoms with Gasteiger partial charge in [0.05, 0.1) is 55.7 Å². The molecule has 3 aromatic rings. The lowest BCUT2D eigenvalue weighted by atomic mass is 9.78. The van der Waals surface area contributed by atoms with Gasteiger partial charge < -0.3 is 43.0 Å². The van der Waals surface area contributed by atoms with Crippen LogP contribution in [0, 0.1) is 0 Å². The van der Waals surface area contributed by atoms with Crippen molar-refractivity contribution in [2.24, 2.45) is 0 Å². The number of methoxy groups -OCH3 is 7. The van der Waals surface area contributed by atoms with E-state index in [0.29, 0.717) is 62.7 Å². The third-order valence-electron chi connectivity index (χ3n) is 6.55. The zero-order chi connectivity index (χ0) is 26.7. The Morgan fingerprint density at radius 3 is 1.59 bits per heavy atom. The van der Waals surface area contributed by atoms with Gasteiger partial charge in [0, 0.05) is 35.4 Å². The minimum atomic E-state index is -1.08. The summed E-state index contributed by atoms with van der Waals surface area (Å²) >= 11 is 0. The van der Waals surface area contributed by atoms with Crippen molar-refractivity contribution in [3.8, 4) is 46.0 Å². The highest BCUT2D eigenvalue weighted by atomic mass is 16.5. The average Bonchev–Trinajstić information content (AvgIpc) is 2.95. The number of hydrogen-bond donors (Lipinski definition) is 1. The summed E-state index contributed by atoms with van der Waals surface area (Å²) in [7, 11) is 10.9. The van der Waals surface area contributed by atoms with E-state index in [9.17, 15) is 5.11 Å². The van der Waals surface area contributed by atoms with E-state index in [1.165, 1.54) is 0 Å². The number of aliphatic hydroxyl groups is 1. The van der Waals surface area contributed by atoms with Crippen LogP contribution in [0.1, 0.15) is 28.7 Å². The van der Waals surface area contributed by atoms with Crippen molar-refractivity contribution < 1.29 is 43.0 Å². The molecule has 0 saturated heterocycles. The highest BCUT2D eigenvalue weighted by Crippen LogP contribution is 2.55. The molecule has 1 aliphatic heterocycles. The van der Waals surface area contributed by atoms with Gasteiger partial charge in [-0.15, -0.1) is 0 Å². The minimum absolute atomic E-state index is 0.483. The SMILES string of the molecule is COc1cc(OC)c([C@@H]2c3c(OC)cc(OC)cc3O[C@H](c3ccc(OC)c(OC)c3)[C@H]2O)c(OC)c1. The van der Waals surface area contributed by atoms with E-state index >= 15 is 0 Å². The van der Waals surface area contributed by atoms with Gasteiger partial charge >= 0.3 is 0 Å². The predicted octanol–water partition coefficient (Wildman–Crippen LogP) is 4.37. The second kappa shape index (κ2) is 11.0. The van der Waals surface area contributed by atoms with Crippen LogP contribution in [0.15, 0.2) is 42.5 Å². The maximum atomic E-state index is 12.0. The first-order valence-corrected chi connectivity index (χ1v) is 11.6. The van der Waals surface area contributed by atoms with Crippen molar-refractivity contribution in [1.82, 2.24) is 0 Å². The average molecular weight is 513 g/mol. The zero-order valence-corrected chi connectivity index (χ0v) is 22.0. The topological polar surface area (TPSA) is 94.1 Å². The molecule has 198 valence electrons. The maximum absolute atomic E-state index is 12.0. The molecule has 0 aromatic heterocycles. The Balaban J connectivity index is 1.99. The molecule has 37 heavy (non-hydrogen) atoms. The van der Waals surface area contributed by atoms with Gasteiger partial charge in [-0.05, 0) is 17.7 Å². The molecule has 0 fully saturated rings. The molecule has 9 nitrogen and oxygen atoms in total. The van der Waals surface area contributed by atoms with Gasteiger partial charge in [-0.25, -0.2) is 0 Å². The predicted molar refractivity (Wildman–Crippen MR) is 136 cm³/mol. The van der Waals surface area contributed by atoms with Crippen LogP contribution in [0.5, 0.6) is 46.0 Å². The number of ether oxygens (including phenoxy) is 8. The second-order valence-corrected chi connectivity index (χ2v) is 8.31. The van der Waals surface area contributed by atoms with E-state index < -0.39 is 18.1 Å². The van der Waals surface area contributed by atoms with E-state index in [-0.39, 0.29) is 0 Å². The molecular weight excluding hydrogens is 480 g/mol. The van der Waals surface area contributed by atoms with E-state index in [2.05, 4.69) is 0 Å². The van der Waals surface area contributed by atoms with Crippen molar-refractivity contribution in [2.75, 3.05) is 49.8 Å². The summed E-state index contributed by atoms with van der Waals surface area (Å²) in [4.78, 5) is 0. The van der Waals surface area contributed by atoms with Crippen molar-refractivity contribution in [3.63, 3.8) is 0 Å². The van der Waals surface area contributed by atoms with Crippen molar-refractivity contribution in [2.45, 2.75) is 18.1 Å². The Labute approximate surface area is 216 Å². The Hall–Kier alpha value is -3.98. The number of hydrogen-bond acceptors (Lipinski definition) is 9. The summed E-state index contributed by atoms with van der Waals surface area (Å²) in [5, 5.41) is 12.0. The summed E-state index contributed by atoms with van der Waals surface area (Å²) < 4.78 is 45.5. The molecule has 1 N–H and O–H groups in total. The third-order valence-corrected chi connectivity index (χ3v) is 6.55. The first-order valence-electron chi connectivity index (χ1n) is 11.6. The Bertz CT molecular complexity index is 1230. The summed E-state index contributed by atoms with van der Waals surface area (Å²) in [6.45, 7) is 0.